The largest absolute Gasteiger partial charge is 0.496 e. The Morgan fingerprint density at radius 1 is 1.45 bits per heavy atom. The smallest absolute Gasteiger partial charge is 0.193 e. The number of hydrogen-bond donors (Lipinski definition) is 2. The van der Waals surface area contributed by atoms with Gasteiger partial charge in [0.2, 0.25) is 0 Å². The number of aryl methyl sites for hydroxylation is 1. The van der Waals surface area contributed by atoms with Crippen molar-refractivity contribution in [1.82, 2.24) is 10.4 Å². The van der Waals surface area contributed by atoms with Crippen LogP contribution < -0.4 is 16.0 Å². The van der Waals surface area contributed by atoms with E-state index in [0.29, 0.717) is 17.4 Å². The quantitative estimate of drug-likeness (QED) is 0.655. The Morgan fingerprint density at radius 2 is 2.20 bits per heavy atom. The normalized spacial score (nSPS) is 12.4. The van der Waals surface area contributed by atoms with Gasteiger partial charge in [0.05, 0.1) is 13.2 Å². The van der Waals surface area contributed by atoms with Gasteiger partial charge in [0.25, 0.3) is 0 Å². The fourth-order valence-corrected chi connectivity index (χ4v) is 2.38. The van der Waals surface area contributed by atoms with Gasteiger partial charge in [0.1, 0.15) is 11.5 Å². The first-order valence-corrected chi connectivity index (χ1v) is 6.65. The van der Waals surface area contributed by atoms with E-state index in [-0.39, 0.29) is 6.04 Å². The third kappa shape index (κ3) is 2.95. The molecule has 0 bridgehead atoms. The highest BCUT2D eigenvalue weighted by Gasteiger charge is 2.18. The minimum Gasteiger partial charge on any atom is -0.496 e. The highest BCUT2D eigenvalue weighted by molar-refractivity contribution is 6.28. The van der Waals surface area contributed by atoms with Crippen LogP contribution in [0.3, 0.4) is 0 Å². The van der Waals surface area contributed by atoms with Crippen LogP contribution in [0.25, 0.3) is 0 Å². The SMILES string of the molecule is COc1c(C)cnc(CC(NN)c2ccc(Cl)o2)c1C. The van der Waals surface area contributed by atoms with Crippen LogP contribution in [0.2, 0.25) is 5.22 Å². The number of rotatable bonds is 5. The third-order valence-electron chi connectivity index (χ3n) is 3.29. The number of ether oxygens (including phenoxy) is 1. The van der Waals surface area contributed by atoms with Crippen molar-refractivity contribution >= 4 is 11.6 Å². The van der Waals surface area contributed by atoms with Crippen LogP contribution in [0.5, 0.6) is 5.75 Å². The first-order chi connectivity index (χ1) is 9.56. The Hall–Kier alpha value is -1.56. The van der Waals surface area contributed by atoms with Gasteiger partial charge in [-0.05, 0) is 37.6 Å². The zero-order valence-corrected chi connectivity index (χ0v) is 12.5. The topological polar surface area (TPSA) is 73.3 Å². The molecular weight excluding hydrogens is 278 g/mol. The first kappa shape index (κ1) is 14.8. The summed E-state index contributed by atoms with van der Waals surface area (Å²) in [4.78, 5) is 4.46. The standard InChI is InChI=1S/C14H18ClN3O2/c1-8-7-17-10(9(2)14(8)19-3)6-11(18-16)12-4-5-13(15)20-12/h4-5,7,11,18H,6,16H2,1-3H3. The lowest BCUT2D eigenvalue weighted by Crippen LogP contribution is -2.29. The van der Waals surface area contributed by atoms with Crippen LogP contribution in [0, 0.1) is 13.8 Å². The number of hydrazine groups is 1. The second-order valence-electron chi connectivity index (χ2n) is 4.61. The molecule has 0 amide bonds. The molecule has 6 heteroatoms. The molecule has 108 valence electrons. The first-order valence-electron chi connectivity index (χ1n) is 6.27. The van der Waals surface area contributed by atoms with Crippen molar-refractivity contribution in [1.29, 1.82) is 0 Å². The van der Waals surface area contributed by atoms with E-state index < -0.39 is 0 Å². The molecule has 0 aromatic carbocycles. The Kier molecular flexibility index (Phi) is 4.65. The van der Waals surface area contributed by atoms with Gasteiger partial charge >= 0.3 is 0 Å². The monoisotopic (exact) mass is 295 g/mol. The molecule has 3 N–H and O–H groups in total. The number of methoxy groups -OCH3 is 1. The molecule has 2 aromatic rings. The Morgan fingerprint density at radius 3 is 2.75 bits per heavy atom. The number of furan rings is 1. The molecule has 0 aliphatic rings. The Labute approximate surface area is 123 Å². The van der Waals surface area contributed by atoms with Crippen LogP contribution in [0.15, 0.2) is 22.7 Å². The third-order valence-corrected chi connectivity index (χ3v) is 3.49. The molecule has 1 atom stereocenters. The molecule has 0 fully saturated rings. The number of nitrogens with two attached hydrogens (primary N) is 1. The number of nitrogens with zero attached hydrogens (tertiary/aromatic N) is 1. The minimum atomic E-state index is -0.193. The van der Waals surface area contributed by atoms with Crippen LogP contribution >= 0.6 is 11.6 Å². The van der Waals surface area contributed by atoms with E-state index in [1.165, 1.54) is 0 Å². The molecule has 0 saturated carbocycles. The molecule has 0 radical (unpaired) electrons. The van der Waals surface area contributed by atoms with Gasteiger partial charge in [-0.1, -0.05) is 0 Å². The molecule has 0 spiro atoms. The molecule has 2 rings (SSSR count). The zero-order chi connectivity index (χ0) is 14.7. The van der Waals surface area contributed by atoms with Crippen molar-refractivity contribution < 1.29 is 9.15 Å². The molecule has 0 aliphatic carbocycles. The van der Waals surface area contributed by atoms with E-state index in [0.717, 1.165) is 22.6 Å². The van der Waals surface area contributed by atoms with Gasteiger partial charge in [0.15, 0.2) is 5.22 Å². The van der Waals surface area contributed by atoms with Crippen molar-refractivity contribution in [2.75, 3.05) is 7.11 Å². The summed E-state index contributed by atoms with van der Waals surface area (Å²) in [6.07, 6.45) is 2.38. The minimum absolute atomic E-state index is 0.193. The van der Waals surface area contributed by atoms with Crippen molar-refractivity contribution in [3.63, 3.8) is 0 Å². The van der Waals surface area contributed by atoms with E-state index in [1.54, 1.807) is 25.4 Å². The summed E-state index contributed by atoms with van der Waals surface area (Å²) in [5.74, 6) is 7.13. The lowest BCUT2D eigenvalue weighted by Gasteiger charge is -2.16. The lowest BCUT2D eigenvalue weighted by molar-refractivity contribution is 0.400. The summed E-state index contributed by atoms with van der Waals surface area (Å²) in [6, 6.07) is 3.30. The molecule has 5 nitrogen and oxygen atoms in total. The Bertz CT molecular complexity index is 598. The number of halogens is 1. The van der Waals surface area contributed by atoms with Gasteiger partial charge in [-0.3, -0.25) is 10.8 Å². The molecule has 2 heterocycles. The zero-order valence-electron chi connectivity index (χ0n) is 11.7. The van der Waals surface area contributed by atoms with Gasteiger partial charge in [-0.2, -0.15) is 0 Å². The number of pyridine rings is 1. The number of aromatic nitrogens is 1. The van der Waals surface area contributed by atoms with E-state index in [9.17, 15) is 0 Å². The second-order valence-corrected chi connectivity index (χ2v) is 4.98. The van der Waals surface area contributed by atoms with Gasteiger partial charge < -0.3 is 9.15 Å². The van der Waals surface area contributed by atoms with Gasteiger partial charge in [-0.15, -0.1) is 0 Å². The predicted octanol–water partition coefficient (Wildman–Crippen LogP) is 2.70. The van der Waals surface area contributed by atoms with Crippen LogP contribution in [0.4, 0.5) is 0 Å². The predicted molar refractivity (Wildman–Crippen MR) is 77.7 cm³/mol. The highest BCUT2D eigenvalue weighted by atomic mass is 35.5. The summed E-state index contributed by atoms with van der Waals surface area (Å²) in [6.45, 7) is 3.95. The Balaban J connectivity index is 2.28. The summed E-state index contributed by atoms with van der Waals surface area (Å²) in [7, 11) is 1.66. The summed E-state index contributed by atoms with van der Waals surface area (Å²) >= 11 is 5.79. The maximum Gasteiger partial charge on any atom is 0.193 e. The summed E-state index contributed by atoms with van der Waals surface area (Å²) < 4.78 is 10.8. The molecule has 0 aliphatic heterocycles. The van der Waals surface area contributed by atoms with Crippen molar-refractivity contribution in [3.05, 3.63) is 46.1 Å². The fraction of sp³-hybridized carbons (Fsp3) is 0.357. The van der Waals surface area contributed by atoms with Gasteiger partial charge in [0, 0.05) is 29.4 Å². The number of nitrogens with one attached hydrogen (secondary N) is 1. The molecule has 1 unspecified atom stereocenters. The average Bonchev–Trinajstić information content (AvgIpc) is 2.85. The van der Waals surface area contributed by atoms with E-state index in [1.807, 2.05) is 13.8 Å². The lowest BCUT2D eigenvalue weighted by atomic mass is 10.0. The van der Waals surface area contributed by atoms with E-state index >= 15 is 0 Å². The highest BCUT2D eigenvalue weighted by Crippen LogP contribution is 2.28. The van der Waals surface area contributed by atoms with Crippen molar-refractivity contribution in [2.24, 2.45) is 5.84 Å². The summed E-state index contributed by atoms with van der Waals surface area (Å²) in [5, 5.41) is 0.339. The molecular formula is C14H18ClN3O2. The van der Waals surface area contributed by atoms with Crippen molar-refractivity contribution in [2.45, 2.75) is 26.3 Å². The van der Waals surface area contributed by atoms with E-state index in [4.69, 9.17) is 26.6 Å². The number of hydrogen-bond acceptors (Lipinski definition) is 5. The molecule has 0 saturated heterocycles. The van der Waals surface area contributed by atoms with Crippen LogP contribution in [-0.2, 0) is 6.42 Å². The second kappa shape index (κ2) is 6.26. The summed E-state index contributed by atoms with van der Waals surface area (Å²) in [5.41, 5.74) is 5.64. The van der Waals surface area contributed by atoms with Gasteiger partial charge in [-0.25, -0.2) is 5.43 Å². The molecule has 2 aromatic heterocycles. The van der Waals surface area contributed by atoms with Crippen LogP contribution in [0.1, 0.15) is 28.6 Å². The maximum absolute atomic E-state index is 5.79. The van der Waals surface area contributed by atoms with E-state index in [2.05, 4.69) is 10.4 Å². The van der Waals surface area contributed by atoms with Crippen LogP contribution in [-0.4, -0.2) is 12.1 Å². The fourth-order valence-electron chi connectivity index (χ4n) is 2.23. The maximum atomic E-state index is 5.79. The van der Waals surface area contributed by atoms with Crippen molar-refractivity contribution in [3.8, 4) is 5.75 Å². The average molecular weight is 296 g/mol. The molecule has 20 heavy (non-hydrogen) atoms.